The number of aliphatic carboxylic acids is 1. The molecule has 1 atom stereocenters. The molecular formula is C19H25NO4. The molecule has 1 saturated heterocycles. The lowest BCUT2D eigenvalue weighted by Gasteiger charge is -2.36. The molecule has 130 valence electrons. The molecule has 1 aromatic rings. The van der Waals surface area contributed by atoms with E-state index in [1.54, 1.807) is 0 Å². The van der Waals surface area contributed by atoms with Crippen molar-refractivity contribution in [3.05, 3.63) is 35.9 Å². The monoisotopic (exact) mass is 331 g/mol. The lowest BCUT2D eigenvalue weighted by molar-refractivity contribution is -0.150. The third-order valence-corrected chi connectivity index (χ3v) is 5.20. The maximum absolute atomic E-state index is 12.8. The van der Waals surface area contributed by atoms with Crippen molar-refractivity contribution in [2.45, 2.75) is 44.1 Å². The number of amides is 1. The first-order valence-corrected chi connectivity index (χ1v) is 8.80. The molecule has 2 fully saturated rings. The third-order valence-electron chi connectivity index (χ3n) is 5.20. The van der Waals surface area contributed by atoms with Gasteiger partial charge in [-0.05, 0) is 37.2 Å². The van der Waals surface area contributed by atoms with Gasteiger partial charge in [-0.15, -0.1) is 0 Å². The number of carboxylic acid groups (broad SMARTS) is 1. The molecule has 0 bridgehead atoms. The van der Waals surface area contributed by atoms with Crippen LogP contribution in [0.2, 0.25) is 0 Å². The van der Waals surface area contributed by atoms with Crippen molar-refractivity contribution in [1.82, 2.24) is 4.90 Å². The van der Waals surface area contributed by atoms with E-state index in [1.807, 2.05) is 11.0 Å². The molecule has 0 spiro atoms. The SMILES string of the molecule is O=C(O)CC1CN(C(=O)C2CCC(c3ccccc3)CC2)CCO1. The first-order chi connectivity index (χ1) is 11.6. The Labute approximate surface area is 142 Å². The summed E-state index contributed by atoms with van der Waals surface area (Å²) in [4.78, 5) is 25.4. The van der Waals surface area contributed by atoms with Gasteiger partial charge in [-0.1, -0.05) is 30.3 Å². The molecule has 1 aliphatic heterocycles. The molecule has 1 unspecified atom stereocenters. The Hall–Kier alpha value is -1.88. The van der Waals surface area contributed by atoms with Crippen LogP contribution in [0.4, 0.5) is 0 Å². The second-order valence-electron chi connectivity index (χ2n) is 6.83. The van der Waals surface area contributed by atoms with E-state index in [9.17, 15) is 9.59 Å². The van der Waals surface area contributed by atoms with Crippen LogP contribution in [-0.4, -0.2) is 47.7 Å². The zero-order chi connectivity index (χ0) is 16.9. The van der Waals surface area contributed by atoms with E-state index >= 15 is 0 Å². The second-order valence-corrected chi connectivity index (χ2v) is 6.83. The summed E-state index contributed by atoms with van der Waals surface area (Å²) in [5.74, 6) is -0.0638. The predicted molar refractivity (Wildman–Crippen MR) is 89.7 cm³/mol. The van der Waals surface area contributed by atoms with E-state index in [0.717, 1.165) is 25.7 Å². The van der Waals surface area contributed by atoms with Gasteiger partial charge in [0.25, 0.3) is 0 Å². The maximum Gasteiger partial charge on any atom is 0.306 e. The molecule has 5 heteroatoms. The van der Waals surface area contributed by atoms with Crippen molar-refractivity contribution < 1.29 is 19.4 Å². The minimum Gasteiger partial charge on any atom is -0.481 e. The van der Waals surface area contributed by atoms with Crippen molar-refractivity contribution in [2.75, 3.05) is 19.7 Å². The molecule has 24 heavy (non-hydrogen) atoms. The standard InChI is InChI=1S/C19H25NO4/c21-18(22)12-17-13-20(10-11-24-17)19(23)16-8-6-15(7-9-16)14-4-2-1-3-5-14/h1-5,15-17H,6-13H2,(H,21,22). The summed E-state index contributed by atoms with van der Waals surface area (Å²) < 4.78 is 5.46. The van der Waals surface area contributed by atoms with Crippen molar-refractivity contribution in [3.63, 3.8) is 0 Å². The quantitative estimate of drug-likeness (QED) is 0.921. The Morgan fingerprint density at radius 2 is 1.83 bits per heavy atom. The van der Waals surface area contributed by atoms with E-state index in [4.69, 9.17) is 9.84 Å². The first-order valence-electron chi connectivity index (χ1n) is 8.80. The highest BCUT2D eigenvalue weighted by atomic mass is 16.5. The van der Waals surface area contributed by atoms with Gasteiger partial charge in [0.05, 0.1) is 19.1 Å². The van der Waals surface area contributed by atoms with Crippen LogP contribution in [0.3, 0.4) is 0 Å². The fraction of sp³-hybridized carbons (Fsp3) is 0.579. The van der Waals surface area contributed by atoms with Crippen LogP contribution in [0, 0.1) is 5.92 Å². The van der Waals surface area contributed by atoms with Gasteiger partial charge in [-0.25, -0.2) is 0 Å². The molecule has 0 radical (unpaired) electrons. The molecule has 3 rings (SSSR count). The van der Waals surface area contributed by atoms with E-state index in [2.05, 4.69) is 24.3 Å². The maximum atomic E-state index is 12.8. The van der Waals surface area contributed by atoms with Crippen molar-refractivity contribution >= 4 is 11.9 Å². The number of benzene rings is 1. The van der Waals surface area contributed by atoms with Crippen LogP contribution >= 0.6 is 0 Å². The number of carbonyl (C=O) groups is 2. The van der Waals surface area contributed by atoms with Crippen LogP contribution in [-0.2, 0) is 14.3 Å². The number of morpholine rings is 1. The number of hydrogen-bond acceptors (Lipinski definition) is 3. The predicted octanol–water partition coefficient (Wildman–Crippen LogP) is 2.66. The van der Waals surface area contributed by atoms with Crippen LogP contribution < -0.4 is 0 Å². The molecule has 2 aliphatic rings. The highest BCUT2D eigenvalue weighted by Crippen LogP contribution is 2.36. The van der Waals surface area contributed by atoms with E-state index < -0.39 is 5.97 Å². The number of carbonyl (C=O) groups excluding carboxylic acids is 1. The van der Waals surface area contributed by atoms with Gasteiger partial charge in [0.2, 0.25) is 5.91 Å². The Bertz CT molecular complexity index is 566. The fourth-order valence-corrected chi connectivity index (χ4v) is 3.89. The Kier molecular flexibility index (Phi) is 5.51. The number of ether oxygens (including phenoxy) is 1. The molecule has 1 amide bonds. The lowest BCUT2D eigenvalue weighted by Crippen LogP contribution is -2.48. The molecule has 0 aromatic heterocycles. The van der Waals surface area contributed by atoms with E-state index in [1.165, 1.54) is 5.56 Å². The topological polar surface area (TPSA) is 66.8 Å². The normalized spacial score (nSPS) is 27.7. The molecule has 1 N–H and O–H groups in total. The zero-order valence-corrected chi connectivity index (χ0v) is 13.9. The zero-order valence-electron chi connectivity index (χ0n) is 13.9. The largest absolute Gasteiger partial charge is 0.481 e. The van der Waals surface area contributed by atoms with Gasteiger partial charge in [-0.2, -0.15) is 0 Å². The van der Waals surface area contributed by atoms with Crippen LogP contribution in [0.15, 0.2) is 30.3 Å². The summed E-state index contributed by atoms with van der Waals surface area (Å²) in [6, 6.07) is 10.5. The van der Waals surface area contributed by atoms with Gasteiger partial charge in [0.15, 0.2) is 0 Å². The number of nitrogens with zero attached hydrogens (tertiary/aromatic N) is 1. The molecule has 1 aliphatic carbocycles. The van der Waals surface area contributed by atoms with Gasteiger partial charge in [0, 0.05) is 19.0 Å². The van der Waals surface area contributed by atoms with Gasteiger partial charge in [0.1, 0.15) is 0 Å². The van der Waals surface area contributed by atoms with Crippen LogP contribution in [0.25, 0.3) is 0 Å². The lowest BCUT2D eigenvalue weighted by atomic mass is 9.78. The minimum absolute atomic E-state index is 0.0372. The van der Waals surface area contributed by atoms with E-state index in [0.29, 0.717) is 25.6 Å². The second kappa shape index (κ2) is 7.79. The average molecular weight is 331 g/mol. The number of carboxylic acids is 1. The molecule has 1 aromatic carbocycles. The molecular weight excluding hydrogens is 306 g/mol. The minimum atomic E-state index is -0.877. The summed E-state index contributed by atoms with van der Waals surface area (Å²) in [5.41, 5.74) is 1.37. The van der Waals surface area contributed by atoms with Gasteiger partial charge in [-0.3, -0.25) is 9.59 Å². The summed E-state index contributed by atoms with van der Waals surface area (Å²) in [6.45, 7) is 1.42. The Morgan fingerprint density at radius 3 is 2.50 bits per heavy atom. The molecule has 1 heterocycles. The smallest absolute Gasteiger partial charge is 0.306 e. The summed E-state index contributed by atoms with van der Waals surface area (Å²) >= 11 is 0. The fourth-order valence-electron chi connectivity index (χ4n) is 3.89. The average Bonchev–Trinajstić information content (AvgIpc) is 2.62. The number of hydrogen-bond donors (Lipinski definition) is 1. The summed E-state index contributed by atoms with van der Waals surface area (Å²) in [6.07, 6.45) is 3.51. The van der Waals surface area contributed by atoms with Crippen molar-refractivity contribution in [1.29, 1.82) is 0 Å². The summed E-state index contributed by atoms with van der Waals surface area (Å²) in [5, 5.41) is 8.89. The third kappa shape index (κ3) is 4.15. The highest BCUT2D eigenvalue weighted by Gasteiger charge is 2.33. The van der Waals surface area contributed by atoms with E-state index in [-0.39, 0.29) is 24.3 Å². The van der Waals surface area contributed by atoms with Crippen molar-refractivity contribution in [2.24, 2.45) is 5.92 Å². The molecule has 1 saturated carbocycles. The van der Waals surface area contributed by atoms with Crippen LogP contribution in [0.1, 0.15) is 43.6 Å². The number of rotatable bonds is 4. The van der Waals surface area contributed by atoms with Crippen LogP contribution in [0.5, 0.6) is 0 Å². The first kappa shape index (κ1) is 17.0. The van der Waals surface area contributed by atoms with Gasteiger partial charge >= 0.3 is 5.97 Å². The Morgan fingerprint density at radius 1 is 1.12 bits per heavy atom. The molecule has 5 nitrogen and oxygen atoms in total. The Balaban J connectivity index is 1.52. The van der Waals surface area contributed by atoms with Crippen molar-refractivity contribution in [3.8, 4) is 0 Å². The van der Waals surface area contributed by atoms with Gasteiger partial charge < -0.3 is 14.7 Å². The summed E-state index contributed by atoms with van der Waals surface area (Å²) in [7, 11) is 0. The highest BCUT2D eigenvalue weighted by molar-refractivity contribution is 5.79.